The highest BCUT2D eigenvalue weighted by Crippen LogP contribution is 2.65. The van der Waals surface area contributed by atoms with Gasteiger partial charge in [0, 0.05) is 20.6 Å². The van der Waals surface area contributed by atoms with Gasteiger partial charge in [-0.25, -0.2) is 4.79 Å². The Balaban J connectivity index is 2.15. The van der Waals surface area contributed by atoms with Gasteiger partial charge in [-0.2, -0.15) is 0 Å². The highest BCUT2D eigenvalue weighted by atomic mass is 127. The van der Waals surface area contributed by atoms with Crippen LogP contribution in [-0.2, 0) is 27.9 Å². The number of carbonyl (C=O) groups excluding carboxylic acids is 3. The Labute approximate surface area is 294 Å². The Morgan fingerprint density at radius 1 is 0.933 bits per heavy atom. The minimum atomic E-state index is -2.45. The molecule has 3 aliphatic carbocycles. The molecule has 0 amide bonds. The van der Waals surface area contributed by atoms with Gasteiger partial charge in [-0.15, -0.1) is 0 Å². The largest absolute Gasteiger partial charge is 0.509 e. The number of ketones is 2. The van der Waals surface area contributed by atoms with Gasteiger partial charge in [-0.05, 0) is 67.7 Å². The predicted octanol–water partition coefficient (Wildman–Crippen LogP) is 7.90. The first kappa shape index (κ1) is 37.7. The predicted molar refractivity (Wildman–Crippen MR) is 192 cm³/mol. The lowest BCUT2D eigenvalue weighted by Gasteiger charge is -2.63. The first-order valence-electron chi connectivity index (χ1n) is 16.9. The van der Waals surface area contributed by atoms with Gasteiger partial charge in [-0.1, -0.05) is 93.9 Å². The first-order valence-corrected chi connectivity index (χ1v) is 24.4. The Kier molecular flexibility index (Phi) is 10.9. The lowest BCUT2D eigenvalue weighted by atomic mass is 9.46. The highest BCUT2D eigenvalue weighted by Gasteiger charge is 2.77. The molecule has 0 aromatic rings. The zero-order valence-corrected chi connectivity index (χ0v) is 34.6. The van der Waals surface area contributed by atoms with E-state index in [0.29, 0.717) is 17.6 Å². The second-order valence-electron chi connectivity index (χ2n) is 14.6. The molecule has 0 aromatic carbocycles. The fourth-order valence-corrected chi connectivity index (χ4v) is 17.3. The van der Waals surface area contributed by atoms with Crippen LogP contribution in [-0.4, -0.2) is 78.2 Å². The number of alkyl halides is 2. The third-order valence-electron chi connectivity index (χ3n) is 12.9. The summed E-state index contributed by atoms with van der Waals surface area (Å²) in [5.41, 5.74) is -4.18. The zero-order chi connectivity index (χ0) is 34.0. The molecule has 0 radical (unpaired) electrons. The maximum absolute atomic E-state index is 15.8. The molecular formula is C33H54BrIO8Si2. The van der Waals surface area contributed by atoms with Crippen LogP contribution in [0.1, 0.15) is 82.1 Å². The van der Waals surface area contributed by atoms with Crippen molar-refractivity contribution in [3.63, 3.8) is 0 Å². The van der Waals surface area contributed by atoms with Gasteiger partial charge in [0.2, 0.25) is 0 Å². The number of Topliss-reactive ketones (excluding diaryl/α,β-unsaturated/α-hetero) is 2. The second kappa shape index (κ2) is 13.0. The van der Waals surface area contributed by atoms with Gasteiger partial charge in [0.15, 0.2) is 39.9 Å². The molecule has 0 aromatic heterocycles. The van der Waals surface area contributed by atoms with Crippen molar-refractivity contribution >= 4 is 72.9 Å². The minimum Gasteiger partial charge on any atom is -0.426 e. The quantitative estimate of drug-likeness (QED) is 0.0970. The number of rotatable bonds is 11. The average molecular weight is 842 g/mol. The topological polar surface area (TPSA) is 108 Å². The van der Waals surface area contributed by atoms with Gasteiger partial charge >= 0.3 is 6.16 Å². The summed E-state index contributed by atoms with van der Waals surface area (Å²) in [5.74, 6) is -1.31. The van der Waals surface area contributed by atoms with Crippen molar-refractivity contribution in [2.45, 2.75) is 153 Å². The van der Waals surface area contributed by atoms with E-state index in [0.717, 1.165) is 36.3 Å². The maximum Gasteiger partial charge on any atom is 0.509 e. The standard InChI is InChI=1S/C33H54BrIO8Si2/c1-11-44(12-2,13-3)42-23-17-22(34)32(39,19-35)26-28-33(41-29(38)40-28)18-21(36)20(7)24(30(33,8)9)25(27(37)31(23,26)10)43-45(14-4,15-5)16-6/h22-23,25-26,28,39H,11-19H2,1-10H3/t22-,23-,25+,26-,28-,31+,32-,33+/m0/s1. The zero-order valence-electron chi connectivity index (χ0n) is 28.8. The van der Waals surface area contributed by atoms with Crippen molar-refractivity contribution in [1.82, 2.24) is 0 Å². The molecule has 1 saturated heterocycles. The van der Waals surface area contributed by atoms with Crippen LogP contribution in [0, 0.1) is 16.7 Å². The molecule has 1 heterocycles. The van der Waals surface area contributed by atoms with Crippen molar-refractivity contribution in [2.75, 3.05) is 4.43 Å². The van der Waals surface area contributed by atoms with Gasteiger partial charge < -0.3 is 23.4 Å². The summed E-state index contributed by atoms with van der Waals surface area (Å²) in [5, 5.41) is 12.8. The molecule has 1 N–H and O–H groups in total. The van der Waals surface area contributed by atoms with Crippen LogP contribution >= 0.6 is 38.5 Å². The molecule has 2 saturated carbocycles. The van der Waals surface area contributed by atoms with Gasteiger partial charge in [0.1, 0.15) is 6.10 Å². The van der Waals surface area contributed by atoms with Crippen LogP contribution in [0.3, 0.4) is 0 Å². The minimum absolute atomic E-state index is 0.0928. The Hall–Kier alpha value is -0.126. The molecule has 3 fully saturated rings. The van der Waals surface area contributed by atoms with Crippen molar-refractivity contribution in [3.8, 4) is 0 Å². The number of carbonyl (C=O) groups is 3. The molecular weight excluding hydrogens is 787 g/mol. The highest BCUT2D eigenvalue weighted by molar-refractivity contribution is 14.1. The summed E-state index contributed by atoms with van der Waals surface area (Å²) < 4.78 is 27.2. The number of hydrogen-bond donors (Lipinski definition) is 1. The molecule has 2 bridgehead atoms. The van der Waals surface area contributed by atoms with E-state index in [1.807, 2.05) is 20.8 Å². The van der Waals surface area contributed by atoms with Crippen molar-refractivity contribution in [2.24, 2.45) is 16.7 Å². The normalized spacial score (nSPS) is 38.2. The lowest BCUT2D eigenvalue weighted by Crippen LogP contribution is -2.76. The fraction of sp³-hybridized carbons (Fsp3) is 0.848. The molecule has 1 spiro atoms. The van der Waals surface area contributed by atoms with Crippen LogP contribution in [0.4, 0.5) is 4.79 Å². The van der Waals surface area contributed by atoms with E-state index >= 15 is 4.79 Å². The van der Waals surface area contributed by atoms with Crippen LogP contribution in [0.25, 0.3) is 0 Å². The van der Waals surface area contributed by atoms with E-state index in [4.69, 9.17) is 18.3 Å². The van der Waals surface area contributed by atoms with Crippen LogP contribution < -0.4 is 0 Å². The molecule has 1 aliphatic heterocycles. The number of hydrogen-bond acceptors (Lipinski definition) is 8. The molecule has 256 valence electrons. The van der Waals surface area contributed by atoms with Crippen LogP contribution in [0.5, 0.6) is 0 Å². The summed E-state index contributed by atoms with van der Waals surface area (Å²) in [6.45, 7) is 20.5. The van der Waals surface area contributed by atoms with E-state index in [1.165, 1.54) is 0 Å². The van der Waals surface area contributed by atoms with Gasteiger partial charge in [-0.3, -0.25) is 9.59 Å². The summed E-state index contributed by atoms with van der Waals surface area (Å²) >= 11 is 6.02. The van der Waals surface area contributed by atoms with Gasteiger partial charge in [0.05, 0.1) is 23.5 Å². The third-order valence-corrected chi connectivity index (χ3v) is 24.6. The van der Waals surface area contributed by atoms with E-state index < -0.39 is 73.9 Å². The Morgan fingerprint density at radius 2 is 1.44 bits per heavy atom. The molecule has 0 unspecified atom stereocenters. The number of aliphatic hydroxyl groups is 1. The smallest absolute Gasteiger partial charge is 0.426 e. The van der Waals surface area contributed by atoms with E-state index in [9.17, 15) is 14.7 Å². The monoisotopic (exact) mass is 840 g/mol. The number of fused-ring (bicyclic) bond motifs is 3. The number of ether oxygens (including phenoxy) is 2. The summed E-state index contributed by atoms with van der Waals surface area (Å²) in [7, 11) is -4.74. The Bertz CT molecular complexity index is 1220. The summed E-state index contributed by atoms with van der Waals surface area (Å²) in [6.07, 6.45) is -3.25. The first-order chi connectivity index (χ1) is 20.9. The molecule has 4 aliphatic rings. The SMILES string of the molecule is CC[Si](CC)(CC)O[C@H]1C(=O)[C@]2(C)[C@@H](O[Si](CC)(CC)CC)C[C@H](Br)[C@@](O)(CI)[C@H]2[C@@H]2OC(=O)O[C@]23CC(=O)C(C)=C1C3(C)C. The van der Waals surface area contributed by atoms with E-state index in [2.05, 4.69) is 80.1 Å². The van der Waals surface area contributed by atoms with Crippen molar-refractivity contribution in [3.05, 3.63) is 11.1 Å². The molecule has 45 heavy (non-hydrogen) atoms. The number of halogens is 2. The number of allylic oxidation sites excluding steroid dienone is 1. The average Bonchev–Trinajstić information content (AvgIpc) is 3.34. The van der Waals surface area contributed by atoms with Crippen molar-refractivity contribution in [1.29, 1.82) is 0 Å². The molecule has 8 nitrogen and oxygen atoms in total. The van der Waals surface area contributed by atoms with E-state index in [-0.39, 0.29) is 22.4 Å². The third kappa shape index (κ3) is 5.35. The second-order valence-corrected chi connectivity index (χ2v) is 25.9. The fourth-order valence-electron chi connectivity index (χ4n) is 9.21. The molecule has 4 rings (SSSR count). The van der Waals surface area contributed by atoms with Crippen molar-refractivity contribution < 1.29 is 37.8 Å². The molecule has 8 atom stereocenters. The lowest BCUT2D eigenvalue weighted by molar-refractivity contribution is -0.212. The Morgan fingerprint density at radius 3 is 1.93 bits per heavy atom. The van der Waals surface area contributed by atoms with Crippen LogP contribution in [0.2, 0.25) is 36.3 Å². The summed E-state index contributed by atoms with van der Waals surface area (Å²) in [4.78, 5) is 42.7. The van der Waals surface area contributed by atoms with Crippen LogP contribution in [0.15, 0.2) is 11.1 Å². The maximum atomic E-state index is 15.8. The van der Waals surface area contributed by atoms with Gasteiger partial charge in [0.25, 0.3) is 0 Å². The molecule has 12 heteroatoms. The summed E-state index contributed by atoms with van der Waals surface area (Å²) in [6, 6.07) is 5.12. The van der Waals surface area contributed by atoms with E-state index in [1.54, 1.807) is 6.92 Å².